The lowest BCUT2D eigenvalue weighted by molar-refractivity contribution is -0.129. The van der Waals surface area contributed by atoms with Gasteiger partial charge < -0.3 is 20.3 Å². The van der Waals surface area contributed by atoms with E-state index in [2.05, 4.69) is 10.6 Å². The molecule has 2 N–H and O–H groups in total. The molecule has 0 saturated carbocycles. The number of ether oxygens (including phenoxy) is 1. The monoisotopic (exact) mass is 592 g/mol. The largest absolute Gasteiger partial charge is 0.497 e. The molecule has 41 heavy (non-hydrogen) atoms. The van der Waals surface area contributed by atoms with Crippen molar-refractivity contribution in [3.63, 3.8) is 0 Å². The smallest absolute Gasteiger partial charge is 0.243 e. The van der Waals surface area contributed by atoms with Gasteiger partial charge in [0.15, 0.2) is 0 Å². The number of rotatable bonds is 12. The first kappa shape index (κ1) is 30.9. The van der Waals surface area contributed by atoms with Gasteiger partial charge in [0.2, 0.25) is 21.8 Å². The van der Waals surface area contributed by atoms with Crippen LogP contribution in [0.4, 0.5) is 8.78 Å². The van der Waals surface area contributed by atoms with Crippen molar-refractivity contribution < 1.29 is 31.5 Å². The molecule has 2 fully saturated rings. The van der Waals surface area contributed by atoms with Gasteiger partial charge in [0, 0.05) is 63.4 Å². The van der Waals surface area contributed by atoms with Crippen molar-refractivity contribution in [2.24, 2.45) is 5.92 Å². The van der Waals surface area contributed by atoms with E-state index in [1.807, 2.05) is 6.92 Å². The van der Waals surface area contributed by atoms with Crippen LogP contribution in [-0.4, -0.2) is 81.4 Å². The number of hydrogen-bond acceptors (Lipinski definition) is 6. The Morgan fingerprint density at radius 1 is 1.17 bits per heavy atom. The molecule has 2 unspecified atom stereocenters. The fraction of sp³-hybridized carbons (Fsp3) is 0.517. The molecule has 0 aliphatic carbocycles. The highest BCUT2D eigenvalue weighted by Gasteiger charge is 2.36. The van der Waals surface area contributed by atoms with Crippen LogP contribution in [0.3, 0.4) is 0 Å². The van der Waals surface area contributed by atoms with E-state index in [-0.39, 0.29) is 48.7 Å². The van der Waals surface area contributed by atoms with E-state index in [1.54, 1.807) is 17.0 Å². The van der Waals surface area contributed by atoms with Crippen LogP contribution in [0.15, 0.2) is 47.4 Å². The molecule has 2 aliphatic rings. The highest BCUT2D eigenvalue weighted by molar-refractivity contribution is 7.89. The van der Waals surface area contributed by atoms with Crippen LogP contribution < -0.4 is 15.4 Å². The molecule has 9 nitrogen and oxygen atoms in total. The average Bonchev–Trinajstić information content (AvgIpc) is 3.31. The lowest BCUT2D eigenvalue weighted by Gasteiger charge is -2.35. The highest BCUT2D eigenvalue weighted by atomic mass is 32.2. The Hall–Kier alpha value is -3.09. The molecule has 0 spiro atoms. The van der Waals surface area contributed by atoms with Gasteiger partial charge in [-0.15, -0.1) is 0 Å². The Balaban J connectivity index is 1.48. The summed E-state index contributed by atoms with van der Waals surface area (Å²) in [7, 11) is -2.34. The van der Waals surface area contributed by atoms with E-state index in [0.29, 0.717) is 37.4 Å². The van der Waals surface area contributed by atoms with Crippen LogP contribution in [0.1, 0.15) is 38.2 Å². The molecular formula is C29H38F2N4O5S. The van der Waals surface area contributed by atoms with Crippen molar-refractivity contribution in [3.8, 4) is 5.75 Å². The standard InChI is InChI=1S/C29H38F2N4O5S/c1-3-4-9-34-18-21(14-28(34)36)29(37)33-24(13-20-11-22(30)15-23(31)12-20)16-25-19-35(10-8-32-25)41(38,39)27-7-5-6-26(17-27)40-2/h5-7,11-12,15,17,21,24-25,32H,3-4,8-10,13-14,16,18-19H2,1-2H3,(H,33,37)/t21?,24?,25-/m0/s1. The van der Waals surface area contributed by atoms with E-state index in [9.17, 15) is 26.8 Å². The molecule has 224 valence electrons. The van der Waals surface area contributed by atoms with Crippen molar-refractivity contribution in [1.82, 2.24) is 19.8 Å². The molecule has 2 aromatic carbocycles. The van der Waals surface area contributed by atoms with E-state index < -0.39 is 33.6 Å². The van der Waals surface area contributed by atoms with Crippen LogP contribution in [0.25, 0.3) is 0 Å². The minimum Gasteiger partial charge on any atom is -0.497 e. The first-order valence-corrected chi connectivity index (χ1v) is 15.4. The van der Waals surface area contributed by atoms with Crippen LogP contribution in [-0.2, 0) is 26.0 Å². The summed E-state index contributed by atoms with van der Waals surface area (Å²) in [4.78, 5) is 27.5. The Morgan fingerprint density at radius 3 is 2.63 bits per heavy atom. The molecule has 3 atom stereocenters. The van der Waals surface area contributed by atoms with E-state index in [1.165, 1.54) is 35.7 Å². The molecule has 0 bridgehead atoms. The molecule has 2 saturated heterocycles. The summed E-state index contributed by atoms with van der Waals surface area (Å²) in [5.41, 5.74) is 0.372. The zero-order valence-electron chi connectivity index (χ0n) is 23.4. The number of unbranched alkanes of at least 4 members (excludes halogenated alkanes) is 1. The molecule has 4 rings (SSSR count). The summed E-state index contributed by atoms with van der Waals surface area (Å²) in [6.07, 6.45) is 2.36. The number of carbonyl (C=O) groups excluding carboxylic acids is 2. The molecular weight excluding hydrogens is 554 g/mol. The maximum Gasteiger partial charge on any atom is 0.243 e. The quantitative estimate of drug-likeness (QED) is 0.393. The Morgan fingerprint density at radius 2 is 1.93 bits per heavy atom. The number of nitrogens with one attached hydrogen (secondary N) is 2. The number of likely N-dealkylation sites (tertiary alicyclic amines) is 1. The number of methoxy groups -OCH3 is 1. The van der Waals surface area contributed by atoms with Crippen LogP contribution in [0.5, 0.6) is 5.75 Å². The zero-order chi connectivity index (χ0) is 29.6. The molecule has 0 radical (unpaired) electrons. The van der Waals surface area contributed by atoms with Crippen LogP contribution >= 0.6 is 0 Å². The van der Waals surface area contributed by atoms with E-state index in [0.717, 1.165) is 18.9 Å². The van der Waals surface area contributed by atoms with Gasteiger partial charge in [-0.2, -0.15) is 4.31 Å². The second-order valence-electron chi connectivity index (χ2n) is 10.7. The third-order valence-corrected chi connectivity index (χ3v) is 9.45. The maximum atomic E-state index is 14.0. The summed E-state index contributed by atoms with van der Waals surface area (Å²) < 4.78 is 61.3. The second-order valence-corrected chi connectivity index (χ2v) is 12.6. The number of hydrogen-bond donors (Lipinski definition) is 2. The second kappa shape index (κ2) is 13.7. The van der Waals surface area contributed by atoms with Gasteiger partial charge in [0.25, 0.3) is 0 Å². The first-order chi connectivity index (χ1) is 19.6. The number of carbonyl (C=O) groups is 2. The van der Waals surface area contributed by atoms with Gasteiger partial charge in [-0.25, -0.2) is 17.2 Å². The Labute approximate surface area is 240 Å². The predicted molar refractivity (Wildman–Crippen MR) is 150 cm³/mol. The third-order valence-electron chi connectivity index (χ3n) is 7.58. The van der Waals surface area contributed by atoms with Crippen LogP contribution in [0, 0.1) is 17.6 Å². The van der Waals surface area contributed by atoms with E-state index >= 15 is 0 Å². The average molecular weight is 593 g/mol. The number of amides is 2. The van der Waals surface area contributed by atoms with Crippen molar-refractivity contribution in [3.05, 3.63) is 59.7 Å². The van der Waals surface area contributed by atoms with Crippen LogP contribution in [0.2, 0.25) is 0 Å². The summed E-state index contributed by atoms with van der Waals surface area (Å²) in [6.45, 7) is 3.78. The maximum absolute atomic E-state index is 14.0. The topological polar surface area (TPSA) is 108 Å². The minimum absolute atomic E-state index is 0.0605. The Bertz CT molecular complexity index is 1320. The molecule has 2 aliphatic heterocycles. The van der Waals surface area contributed by atoms with Gasteiger partial charge in [-0.05, 0) is 49.1 Å². The van der Waals surface area contributed by atoms with Gasteiger partial charge >= 0.3 is 0 Å². The molecule has 2 aromatic rings. The number of nitrogens with zero attached hydrogens (tertiary/aromatic N) is 2. The summed E-state index contributed by atoms with van der Waals surface area (Å²) >= 11 is 0. The third kappa shape index (κ3) is 8.02. The lowest BCUT2D eigenvalue weighted by Crippen LogP contribution is -2.55. The van der Waals surface area contributed by atoms with Gasteiger partial charge in [-0.3, -0.25) is 9.59 Å². The van der Waals surface area contributed by atoms with Gasteiger partial charge in [0.1, 0.15) is 17.4 Å². The lowest BCUT2D eigenvalue weighted by atomic mass is 9.97. The fourth-order valence-electron chi connectivity index (χ4n) is 5.46. The summed E-state index contributed by atoms with van der Waals surface area (Å²) in [5, 5.41) is 6.33. The SMILES string of the molecule is CCCCN1CC(C(=O)NC(Cc2cc(F)cc(F)c2)C[C@H]2CN(S(=O)(=O)c3cccc(OC)c3)CCN2)CC1=O. The van der Waals surface area contributed by atoms with Crippen molar-refractivity contribution in [2.75, 3.05) is 39.8 Å². The molecule has 2 amide bonds. The molecule has 2 heterocycles. The van der Waals surface area contributed by atoms with E-state index in [4.69, 9.17) is 4.74 Å². The number of piperazine rings is 1. The minimum atomic E-state index is -3.81. The first-order valence-electron chi connectivity index (χ1n) is 14.0. The highest BCUT2D eigenvalue weighted by Crippen LogP contribution is 2.24. The molecule has 0 aromatic heterocycles. The molecule has 12 heteroatoms. The number of sulfonamides is 1. The zero-order valence-corrected chi connectivity index (χ0v) is 24.3. The van der Waals surface area contributed by atoms with Gasteiger partial charge in [0.05, 0.1) is 17.9 Å². The number of halogens is 2. The van der Waals surface area contributed by atoms with Crippen molar-refractivity contribution >= 4 is 21.8 Å². The van der Waals surface area contributed by atoms with Gasteiger partial charge in [-0.1, -0.05) is 19.4 Å². The Kier molecular flexibility index (Phi) is 10.3. The fourth-order valence-corrected chi connectivity index (χ4v) is 6.99. The predicted octanol–water partition coefficient (Wildman–Crippen LogP) is 2.70. The van der Waals surface area contributed by atoms with Crippen molar-refractivity contribution in [2.45, 2.75) is 56.0 Å². The van der Waals surface area contributed by atoms with Crippen molar-refractivity contribution in [1.29, 1.82) is 0 Å². The summed E-state index contributed by atoms with van der Waals surface area (Å²) in [6, 6.07) is 8.62. The number of benzene rings is 2. The normalized spacial score (nSPS) is 20.7. The summed E-state index contributed by atoms with van der Waals surface area (Å²) in [5.74, 6) is -1.88.